The average Bonchev–Trinajstić information content (AvgIpc) is 2.40. The summed E-state index contributed by atoms with van der Waals surface area (Å²) in [6.45, 7) is 5.04. The Kier molecular flexibility index (Phi) is 4.46. The lowest BCUT2D eigenvalue weighted by molar-refractivity contribution is -0.121. The molecule has 0 aromatic heterocycles. The third-order valence-electron chi connectivity index (χ3n) is 3.75. The zero-order valence-corrected chi connectivity index (χ0v) is 13.3. The van der Waals surface area contributed by atoms with Crippen LogP contribution >= 0.6 is 15.9 Å². The molecule has 1 heterocycles. The molecule has 2 N–H and O–H groups in total. The summed E-state index contributed by atoms with van der Waals surface area (Å²) in [4.78, 5) is 12.4. The van der Waals surface area contributed by atoms with Gasteiger partial charge in [-0.3, -0.25) is 4.79 Å². The summed E-state index contributed by atoms with van der Waals surface area (Å²) in [6, 6.07) is 7.14. The van der Waals surface area contributed by atoms with Gasteiger partial charge >= 0.3 is 0 Å². The molecule has 0 aliphatic carbocycles. The van der Waals surface area contributed by atoms with E-state index < -0.39 is 0 Å². The van der Waals surface area contributed by atoms with Crippen LogP contribution < -0.4 is 10.6 Å². The second kappa shape index (κ2) is 5.94. The van der Waals surface area contributed by atoms with E-state index in [0.29, 0.717) is 11.3 Å². The van der Waals surface area contributed by atoms with Crippen molar-refractivity contribution in [2.45, 2.75) is 32.7 Å². The zero-order chi connectivity index (χ0) is 14.8. The molecular formula is C15H18BrN3O. The fraction of sp³-hybridized carbons (Fsp3) is 0.467. The predicted octanol–water partition coefficient (Wildman–Crippen LogP) is 3.04. The maximum absolute atomic E-state index is 12.4. The Labute approximate surface area is 127 Å². The van der Waals surface area contributed by atoms with Gasteiger partial charge in [0.25, 0.3) is 0 Å². The first-order chi connectivity index (χ1) is 9.44. The number of carbonyl (C=O) groups is 1. The lowest BCUT2D eigenvalue weighted by Gasteiger charge is -2.38. The van der Waals surface area contributed by atoms with Gasteiger partial charge in [0, 0.05) is 4.47 Å². The first-order valence-corrected chi connectivity index (χ1v) is 7.47. The molecule has 1 aliphatic rings. The minimum Gasteiger partial charge on any atom is -0.324 e. The van der Waals surface area contributed by atoms with Gasteiger partial charge in [0.2, 0.25) is 5.91 Å². The highest BCUT2D eigenvalue weighted by atomic mass is 79.9. The quantitative estimate of drug-likeness (QED) is 0.872. The van der Waals surface area contributed by atoms with E-state index in [-0.39, 0.29) is 17.4 Å². The van der Waals surface area contributed by atoms with Crippen LogP contribution in [0.5, 0.6) is 0 Å². The van der Waals surface area contributed by atoms with Crippen LogP contribution in [-0.2, 0) is 4.79 Å². The number of rotatable bonds is 2. The highest BCUT2D eigenvalue weighted by Gasteiger charge is 2.37. The van der Waals surface area contributed by atoms with Gasteiger partial charge in [-0.25, -0.2) is 0 Å². The monoisotopic (exact) mass is 335 g/mol. The van der Waals surface area contributed by atoms with E-state index in [9.17, 15) is 4.79 Å². The summed E-state index contributed by atoms with van der Waals surface area (Å²) >= 11 is 3.32. The summed E-state index contributed by atoms with van der Waals surface area (Å²) in [5, 5.41) is 15.3. The number of hydrogen-bond donors (Lipinski definition) is 2. The Balaban J connectivity index is 2.18. The van der Waals surface area contributed by atoms with Crippen molar-refractivity contribution in [3.05, 3.63) is 28.2 Å². The second-order valence-corrected chi connectivity index (χ2v) is 6.69. The summed E-state index contributed by atoms with van der Waals surface area (Å²) in [5.41, 5.74) is 0.940. The molecule has 0 bridgehead atoms. The second-order valence-electron chi connectivity index (χ2n) is 5.77. The molecule has 0 saturated carbocycles. The number of amides is 1. The standard InChI is InChI=1S/C15H18BrN3O/c1-15(2)6-3-7-18-13(15)14(20)19-12-5-4-11(16)8-10(12)9-17/h4-5,8,13,18H,3,6-7H2,1-2H3,(H,19,20). The van der Waals surface area contributed by atoms with Crippen molar-refractivity contribution < 1.29 is 4.79 Å². The fourth-order valence-corrected chi connectivity index (χ4v) is 2.94. The number of nitrogens with zero attached hydrogens (tertiary/aromatic N) is 1. The van der Waals surface area contributed by atoms with Crippen molar-refractivity contribution in [3.8, 4) is 6.07 Å². The highest BCUT2D eigenvalue weighted by molar-refractivity contribution is 9.10. The number of halogens is 1. The topological polar surface area (TPSA) is 64.9 Å². The molecule has 1 aromatic carbocycles. The summed E-state index contributed by atoms with van der Waals surface area (Å²) in [5.74, 6) is -0.0754. The van der Waals surface area contributed by atoms with Crippen molar-refractivity contribution in [1.82, 2.24) is 5.32 Å². The van der Waals surface area contributed by atoms with Gasteiger partial charge in [0.1, 0.15) is 6.07 Å². The van der Waals surface area contributed by atoms with Crippen LogP contribution in [0, 0.1) is 16.7 Å². The predicted molar refractivity (Wildman–Crippen MR) is 82.3 cm³/mol. The van der Waals surface area contributed by atoms with E-state index in [2.05, 4.69) is 46.5 Å². The number of anilines is 1. The number of nitrogens with one attached hydrogen (secondary N) is 2. The van der Waals surface area contributed by atoms with E-state index in [1.54, 1.807) is 12.1 Å². The van der Waals surface area contributed by atoms with E-state index in [1.165, 1.54) is 0 Å². The highest BCUT2D eigenvalue weighted by Crippen LogP contribution is 2.31. The molecule has 20 heavy (non-hydrogen) atoms. The molecule has 0 radical (unpaired) electrons. The van der Waals surface area contributed by atoms with E-state index in [0.717, 1.165) is 23.9 Å². The average molecular weight is 336 g/mol. The van der Waals surface area contributed by atoms with Gasteiger partial charge < -0.3 is 10.6 Å². The van der Waals surface area contributed by atoms with Crippen LogP contribution in [0.4, 0.5) is 5.69 Å². The number of benzene rings is 1. The molecule has 1 saturated heterocycles. The van der Waals surface area contributed by atoms with Crippen molar-refractivity contribution in [2.24, 2.45) is 5.41 Å². The molecule has 2 rings (SSSR count). The van der Waals surface area contributed by atoms with Crippen molar-refractivity contribution in [2.75, 3.05) is 11.9 Å². The van der Waals surface area contributed by atoms with E-state index in [1.807, 2.05) is 6.07 Å². The SMILES string of the molecule is CC1(C)CCCNC1C(=O)Nc1ccc(Br)cc1C#N. The zero-order valence-electron chi connectivity index (χ0n) is 11.7. The molecule has 4 nitrogen and oxygen atoms in total. The molecule has 1 fully saturated rings. The minimum atomic E-state index is -0.230. The first kappa shape index (κ1) is 15.0. The molecule has 106 valence electrons. The van der Waals surface area contributed by atoms with Crippen LogP contribution in [0.1, 0.15) is 32.3 Å². The summed E-state index contributed by atoms with van der Waals surface area (Å²) in [6.07, 6.45) is 2.10. The molecule has 5 heteroatoms. The van der Waals surface area contributed by atoms with Crippen molar-refractivity contribution in [3.63, 3.8) is 0 Å². The largest absolute Gasteiger partial charge is 0.324 e. The number of nitriles is 1. The van der Waals surface area contributed by atoms with Crippen molar-refractivity contribution in [1.29, 1.82) is 5.26 Å². The Morgan fingerprint density at radius 2 is 2.30 bits per heavy atom. The first-order valence-electron chi connectivity index (χ1n) is 6.68. The summed E-state index contributed by atoms with van der Waals surface area (Å²) in [7, 11) is 0. The smallest absolute Gasteiger partial charge is 0.242 e. The lowest BCUT2D eigenvalue weighted by atomic mass is 9.77. The molecular weight excluding hydrogens is 318 g/mol. The molecule has 1 aliphatic heterocycles. The fourth-order valence-electron chi connectivity index (χ4n) is 2.58. The van der Waals surface area contributed by atoms with Crippen LogP contribution in [0.15, 0.2) is 22.7 Å². The summed E-state index contributed by atoms with van der Waals surface area (Å²) < 4.78 is 0.822. The van der Waals surface area contributed by atoms with Crippen LogP contribution in [0.3, 0.4) is 0 Å². The van der Waals surface area contributed by atoms with Gasteiger partial charge in [-0.05, 0) is 43.0 Å². The number of hydrogen-bond acceptors (Lipinski definition) is 3. The normalized spacial score (nSPS) is 21.0. The molecule has 1 amide bonds. The lowest BCUT2D eigenvalue weighted by Crippen LogP contribution is -2.53. The van der Waals surface area contributed by atoms with Crippen LogP contribution in [0.2, 0.25) is 0 Å². The van der Waals surface area contributed by atoms with Gasteiger partial charge in [-0.2, -0.15) is 5.26 Å². The van der Waals surface area contributed by atoms with Crippen LogP contribution in [-0.4, -0.2) is 18.5 Å². The van der Waals surface area contributed by atoms with Crippen LogP contribution in [0.25, 0.3) is 0 Å². The van der Waals surface area contributed by atoms with Gasteiger partial charge in [0.15, 0.2) is 0 Å². The maximum atomic E-state index is 12.4. The molecule has 1 atom stereocenters. The third-order valence-corrected chi connectivity index (χ3v) is 4.24. The van der Waals surface area contributed by atoms with Gasteiger partial charge in [-0.15, -0.1) is 0 Å². The van der Waals surface area contributed by atoms with Gasteiger partial charge in [-0.1, -0.05) is 29.8 Å². The number of piperidine rings is 1. The number of carbonyl (C=O) groups excluding carboxylic acids is 1. The maximum Gasteiger partial charge on any atom is 0.242 e. The van der Waals surface area contributed by atoms with E-state index in [4.69, 9.17) is 5.26 Å². The Hall–Kier alpha value is -1.38. The molecule has 0 spiro atoms. The Morgan fingerprint density at radius 1 is 1.55 bits per heavy atom. The third kappa shape index (κ3) is 3.20. The van der Waals surface area contributed by atoms with Gasteiger partial charge in [0.05, 0.1) is 17.3 Å². The van der Waals surface area contributed by atoms with Crippen molar-refractivity contribution >= 4 is 27.5 Å². The minimum absolute atomic E-state index is 0.0754. The Bertz CT molecular complexity index is 563. The molecule has 1 unspecified atom stereocenters. The molecule has 1 aromatic rings. The Morgan fingerprint density at radius 3 is 2.95 bits per heavy atom. The van der Waals surface area contributed by atoms with E-state index >= 15 is 0 Å².